The van der Waals surface area contributed by atoms with Crippen molar-refractivity contribution in [3.63, 3.8) is 0 Å². The van der Waals surface area contributed by atoms with Crippen LogP contribution in [-0.4, -0.2) is 30.1 Å². The Hall–Kier alpha value is -1.55. The van der Waals surface area contributed by atoms with Crippen molar-refractivity contribution in [3.8, 4) is 0 Å². The molecular weight excluding hydrogens is 216 g/mol. The SMILES string of the molecule is [NH3+][C@H]1CCCN(C(=O)OCc2ccccc2)C1. The second kappa shape index (κ2) is 5.68. The first kappa shape index (κ1) is 11.9. The number of carbonyl (C=O) groups is 1. The third-order valence-electron chi connectivity index (χ3n) is 2.98. The Kier molecular flexibility index (Phi) is 3.98. The van der Waals surface area contributed by atoms with Crippen molar-refractivity contribution in [1.29, 1.82) is 0 Å². The smallest absolute Gasteiger partial charge is 0.410 e. The number of quaternary nitrogens is 1. The number of benzene rings is 1. The highest BCUT2D eigenvalue weighted by molar-refractivity contribution is 5.67. The van der Waals surface area contributed by atoms with E-state index < -0.39 is 0 Å². The van der Waals surface area contributed by atoms with Crippen molar-refractivity contribution in [2.45, 2.75) is 25.5 Å². The van der Waals surface area contributed by atoms with Crippen LogP contribution in [0.1, 0.15) is 18.4 Å². The van der Waals surface area contributed by atoms with Crippen LogP contribution in [0.15, 0.2) is 30.3 Å². The summed E-state index contributed by atoms with van der Waals surface area (Å²) < 4.78 is 5.28. The predicted octanol–water partition coefficient (Wildman–Crippen LogP) is 1.03. The fourth-order valence-corrected chi connectivity index (χ4v) is 2.04. The number of piperidine rings is 1. The van der Waals surface area contributed by atoms with Crippen molar-refractivity contribution in [1.82, 2.24) is 4.90 Å². The number of nitrogens with zero attached hydrogens (tertiary/aromatic N) is 1. The van der Waals surface area contributed by atoms with Crippen LogP contribution in [0, 0.1) is 0 Å². The van der Waals surface area contributed by atoms with Gasteiger partial charge in [-0.3, -0.25) is 0 Å². The summed E-state index contributed by atoms with van der Waals surface area (Å²) in [7, 11) is 0. The molecule has 1 fully saturated rings. The Morgan fingerprint density at radius 1 is 1.41 bits per heavy atom. The molecule has 0 aliphatic carbocycles. The van der Waals surface area contributed by atoms with E-state index in [1.165, 1.54) is 0 Å². The molecule has 0 bridgehead atoms. The largest absolute Gasteiger partial charge is 0.445 e. The molecule has 1 amide bonds. The van der Waals surface area contributed by atoms with Gasteiger partial charge in [-0.15, -0.1) is 0 Å². The molecule has 3 N–H and O–H groups in total. The second-order valence-electron chi connectivity index (χ2n) is 4.49. The van der Waals surface area contributed by atoms with Crippen LogP contribution in [0.4, 0.5) is 4.79 Å². The normalized spacial score (nSPS) is 20.1. The Balaban J connectivity index is 1.81. The first-order chi connectivity index (χ1) is 8.25. The van der Waals surface area contributed by atoms with Crippen LogP contribution in [0.25, 0.3) is 0 Å². The van der Waals surface area contributed by atoms with Gasteiger partial charge in [-0.2, -0.15) is 0 Å². The molecule has 1 aromatic carbocycles. The molecule has 1 saturated heterocycles. The summed E-state index contributed by atoms with van der Waals surface area (Å²) >= 11 is 0. The maximum absolute atomic E-state index is 11.8. The second-order valence-corrected chi connectivity index (χ2v) is 4.49. The standard InChI is InChI=1S/C13H18N2O2/c14-12-7-4-8-15(9-12)13(16)17-10-11-5-2-1-3-6-11/h1-3,5-6,12H,4,7-10,14H2/p+1/t12-/m0/s1. The minimum absolute atomic E-state index is 0.220. The molecule has 17 heavy (non-hydrogen) atoms. The summed E-state index contributed by atoms with van der Waals surface area (Å²) in [4.78, 5) is 13.5. The van der Waals surface area contributed by atoms with Gasteiger partial charge in [-0.05, 0) is 12.0 Å². The van der Waals surface area contributed by atoms with Gasteiger partial charge in [0.1, 0.15) is 12.6 Å². The summed E-state index contributed by atoms with van der Waals surface area (Å²) in [6.07, 6.45) is 1.90. The summed E-state index contributed by atoms with van der Waals surface area (Å²) in [6, 6.07) is 10.1. The Morgan fingerprint density at radius 3 is 2.88 bits per heavy atom. The molecule has 0 radical (unpaired) electrons. The summed E-state index contributed by atoms with van der Waals surface area (Å²) in [6.45, 7) is 1.85. The maximum Gasteiger partial charge on any atom is 0.410 e. The van der Waals surface area contributed by atoms with Gasteiger partial charge in [-0.25, -0.2) is 4.79 Å². The molecular formula is C13H19N2O2+. The highest BCUT2D eigenvalue weighted by Gasteiger charge is 2.24. The lowest BCUT2D eigenvalue weighted by atomic mass is 10.1. The first-order valence-corrected chi connectivity index (χ1v) is 6.04. The summed E-state index contributed by atoms with van der Waals surface area (Å²) in [5, 5.41) is 0. The molecule has 0 unspecified atom stereocenters. The molecule has 1 aliphatic rings. The molecule has 0 aromatic heterocycles. The highest BCUT2D eigenvalue weighted by Crippen LogP contribution is 2.09. The minimum Gasteiger partial charge on any atom is -0.445 e. The van der Waals surface area contributed by atoms with E-state index in [-0.39, 0.29) is 6.09 Å². The number of amides is 1. The molecule has 2 rings (SSSR count). The Labute approximate surface area is 101 Å². The molecule has 1 atom stereocenters. The van der Waals surface area contributed by atoms with E-state index in [4.69, 9.17) is 4.74 Å². The van der Waals surface area contributed by atoms with Crippen molar-refractivity contribution in [2.24, 2.45) is 0 Å². The summed E-state index contributed by atoms with van der Waals surface area (Å²) in [5.41, 5.74) is 5.02. The number of carbonyl (C=O) groups excluding carboxylic acids is 1. The zero-order valence-electron chi connectivity index (χ0n) is 9.97. The van der Waals surface area contributed by atoms with Crippen molar-refractivity contribution >= 4 is 6.09 Å². The number of hydrogen-bond acceptors (Lipinski definition) is 2. The van der Waals surface area contributed by atoms with Crippen molar-refractivity contribution in [3.05, 3.63) is 35.9 Å². The van der Waals surface area contributed by atoms with E-state index in [0.29, 0.717) is 19.2 Å². The zero-order chi connectivity index (χ0) is 12.1. The average molecular weight is 235 g/mol. The number of rotatable bonds is 2. The van der Waals surface area contributed by atoms with E-state index in [0.717, 1.165) is 24.9 Å². The molecule has 1 aliphatic heterocycles. The van der Waals surface area contributed by atoms with Crippen LogP contribution < -0.4 is 5.73 Å². The zero-order valence-corrected chi connectivity index (χ0v) is 9.97. The third-order valence-corrected chi connectivity index (χ3v) is 2.98. The quantitative estimate of drug-likeness (QED) is 0.832. The van der Waals surface area contributed by atoms with E-state index >= 15 is 0 Å². The monoisotopic (exact) mass is 235 g/mol. The van der Waals surface area contributed by atoms with Gasteiger partial charge >= 0.3 is 6.09 Å². The molecule has 0 saturated carbocycles. The lowest BCUT2D eigenvalue weighted by Crippen LogP contribution is -2.67. The van der Waals surface area contributed by atoms with E-state index in [1.807, 2.05) is 30.3 Å². The van der Waals surface area contributed by atoms with Gasteiger partial charge in [0.15, 0.2) is 0 Å². The fraction of sp³-hybridized carbons (Fsp3) is 0.462. The third kappa shape index (κ3) is 3.46. The minimum atomic E-state index is -0.220. The highest BCUT2D eigenvalue weighted by atomic mass is 16.6. The summed E-state index contributed by atoms with van der Waals surface area (Å²) in [5.74, 6) is 0. The van der Waals surface area contributed by atoms with Gasteiger partial charge in [-0.1, -0.05) is 30.3 Å². The molecule has 4 heteroatoms. The molecule has 92 valence electrons. The van der Waals surface area contributed by atoms with E-state index in [2.05, 4.69) is 5.73 Å². The number of likely N-dealkylation sites (tertiary alicyclic amines) is 1. The molecule has 1 aromatic rings. The van der Waals surface area contributed by atoms with Gasteiger partial charge < -0.3 is 15.4 Å². The average Bonchev–Trinajstić information content (AvgIpc) is 2.37. The van der Waals surface area contributed by atoms with E-state index in [1.54, 1.807) is 4.90 Å². The van der Waals surface area contributed by atoms with Crippen LogP contribution in [0.2, 0.25) is 0 Å². The molecule has 0 spiro atoms. The van der Waals surface area contributed by atoms with Crippen LogP contribution in [0.5, 0.6) is 0 Å². The van der Waals surface area contributed by atoms with Crippen LogP contribution >= 0.6 is 0 Å². The lowest BCUT2D eigenvalue weighted by molar-refractivity contribution is -0.425. The Bertz CT molecular complexity index is 367. The van der Waals surface area contributed by atoms with Crippen molar-refractivity contribution in [2.75, 3.05) is 13.1 Å². The lowest BCUT2D eigenvalue weighted by Gasteiger charge is -2.28. The van der Waals surface area contributed by atoms with Gasteiger partial charge in [0.05, 0.1) is 6.54 Å². The molecule has 1 heterocycles. The maximum atomic E-state index is 11.8. The van der Waals surface area contributed by atoms with Crippen LogP contribution in [-0.2, 0) is 11.3 Å². The topological polar surface area (TPSA) is 57.2 Å². The van der Waals surface area contributed by atoms with E-state index in [9.17, 15) is 4.79 Å². The molecule has 4 nitrogen and oxygen atoms in total. The fourth-order valence-electron chi connectivity index (χ4n) is 2.04. The first-order valence-electron chi connectivity index (χ1n) is 6.04. The number of ether oxygens (including phenoxy) is 1. The predicted molar refractivity (Wildman–Crippen MR) is 64.1 cm³/mol. The Morgan fingerprint density at radius 2 is 2.18 bits per heavy atom. The van der Waals surface area contributed by atoms with Gasteiger partial charge in [0, 0.05) is 13.0 Å². The van der Waals surface area contributed by atoms with Gasteiger partial charge in [0.2, 0.25) is 0 Å². The van der Waals surface area contributed by atoms with Crippen molar-refractivity contribution < 1.29 is 15.3 Å². The van der Waals surface area contributed by atoms with Gasteiger partial charge in [0.25, 0.3) is 0 Å². The van der Waals surface area contributed by atoms with Crippen LogP contribution in [0.3, 0.4) is 0 Å². The number of hydrogen-bond donors (Lipinski definition) is 1.